The van der Waals surface area contributed by atoms with Crippen LogP contribution in [0.25, 0.3) is 0 Å². The van der Waals surface area contributed by atoms with Gasteiger partial charge in [0.05, 0.1) is 10.0 Å². The Morgan fingerprint density at radius 3 is 2.87 bits per heavy atom. The van der Waals surface area contributed by atoms with Crippen molar-refractivity contribution in [3.63, 3.8) is 0 Å². The number of hydrogen-bond donors (Lipinski definition) is 4. The summed E-state index contributed by atoms with van der Waals surface area (Å²) >= 11 is 17.9. The number of amides is 2. The summed E-state index contributed by atoms with van der Waals surface area (Å²) in [6, 6.07) is 4.18. The molecule has 2 rings (SSSR count). The molecular formula is C14H16Cl3FN4O. The summed E-state index contributed by atoms with van der Waals surface area (Å²) in [6.07, 6.45) is -0.282. The van der Waals surface area contributed by atoms with Crippen LogP contribution in [0.3, 0.4) is 0 Å². The second-order valence-electron chi connectivity index (χ2n) is 5.04. The molecule has 2 amide bonds. The van der Waals surface area contributed by atoms with Crippen LogP contribution in [0.2, 0.25) is 10.0 Å². The molecule has 9 heteroatoms. The smallest absolute Gasteiger partial charge is 0.310 e. The van der Waals surface area contributed by atoms with Crippen molar-refractivity contribution in [1.29, 1.82) is 0 Å². The third kappa shape index (κ3) is 4.71. The van der Waals surface area contributed by atoms with E-state index < -0.39 is 23.5 Å². The minimum absolute atomic E-state index is 0.00204. The first-order chi connectivity index (χ1) is 10.8. The van der Waals surface area contributed by atoms with Gasteiger partial charge in [-0.2, -0.15) is 0 Å². The lowest BCUT2D eigenvalue weighted by Crippen LogP contribution is -2.70. The highest BCUT2D eigenvalue weighted by Crippen LogP contribution is 2.27. The van der Waals surface area contributed by atoms with Crippen molar-refractivity contribution in [1.82, 2.24) is 16.0 Å². The average Bonchev–Trinajstić information content (AvgIpc) is 2.47. The highest BCUT2D eigenvalue weighted by molar-refractivity contribution is 6.42. The Hall–Kier alpha value is -1.05. The Labute approximate surface area is 148 Å². The number of carbonyl (C=O) groups is 1. The molecule has 0 spiro atoms. The van der Waals surface area contributed by atoms with E-state index in [-0.39, 0.29) is 13.0 Å². The highest BCUT2D eigenvalue weighted by Gasteiger charge is 2.42. The van der Waals surface area contributed by atoms with E-state index in [4.69, 9.17) is 34.8 Å². The lowest BCUT2D eigenvalue weighted by Gasteiger charge is -2.40. The molecule has 1 aliphatic rings. The highest BCUT2D eigenvalue weighted by atomic mass is 35.5. The Morgan fingerprint density at radius 2 is 2.22 bits per heavy atom. The molecule has 126 valence electrons. The van der Waals surface area contributed by atoms with Crippen molar-refractivity contribution in [3.8, 4) is 0 Å². The molecule has 5 nitrogen and oxygen atoms in total. The Morgan fingerprint density at radius 1 is 1.48 bits per heavy atom. The molecule has 1 aliphatic heterocycles. The van der Waals surface area contributed by atoms with Crippen molar-refractivity contribution >= 4 is 46.5 Å². The molecule has 1 saturated heterocycles. The first-order valence-electron chi connectivity index (χ1n) is 6.81. The number of halogens is 4. The van der Waals surface area contributed by atoms with Crippen LogP contribution in [0.15, 0.2) is 30.9 Å². The van der Waals surface area contributed by atoms with Crippen molar-refractivity contribution in [2.45, 2.75) is 23.9 Å². The summed E-state index contributed by atoms with van der Waals surface area (Å²) in [5.41, 5.74) is 0.472. The van der Waals surface area contributed by atoms with Gasteiger partial charge in [0.15, 0.2) is 0 Å². The van der Waals surface area contributed by atoms with Crippen LogP contribution in [0.5, 0.6) is 0 Å². The molecule has 1 fully saturated rings. The predicted octanol–water partition coefficient (Wildman–Crippen LogP) is 3.44. The Bertz CT molecular complexity index is 603. The molecule has 1 aromatic rings. The van der Waals surface area contributed by atoms with Gasteiger partial charge in [-0.05, 0) is 18.2 Å². The van der Waals surface area contributed by atoms with E-state index in [1.54, 1.807) is 12.1 Å². The average molecular weight is 382 g/mol. The molecule has 0 radical (unpaired) electrons. The number of nitrogens with one attached hydrogen (secondary N) is 4. The van der Waals surface area contributed by atoms with Gasteiger partial charge >= 0.3 is 6.03 Å². The maximum Gasteiger partial charge on any atom is 0.321 e. The zero-order chi connectivity index (χ0) is 17.0. The molecule has 4 N–H and O–H groups in total. The first kappa shape index (κ1) is 18.3. The SMILES string of the molecule is C=CCC1(Cl)NC(NC(=O)Nc2ccc(Cl)c(Cl)c2)NCC1F. The maximum atomic E-state index is 13.9. The number of urea groups is 1. The summed E-state index contributed by atoms with van der Waals surface area (Å²) in [6.45, 7) is 3.56. The largest absolute Gasteiger partial charge is 0.321 e. The molecule has 1 heterocycles. The van der Waals surface area contributed by atoms with Crippen LogP contribution >= 0.6 is 34.8 Å². The third-order valence-electron chi connectivity index (χ3n) is 3.28. The fraction of sp³-hybridized carbons (Fsp3) is 0.357. The van der Waals surface area contributed by atoms with Crippen LogP contribution in [-0.2, 0) is 0 Å². The summed E-state index contributed by atoms with van der Waals surface area (Å²) in [5.74, 6) is 0. The van der Waals surface area contributed by atoms with Crippen molar-refractivity contribution in [2.75, 3.05) is 11.9 Å². The van der Waals surface area contributed by atoms with Gasteiger partial charge in [-0.3, -0.25) is 10.6 Å². The van der Waals surface area contributed by atoms with E-state index in [1.807, 2.05) is 0 Å². The Kier molecular flexibility index (Phi) is 6.11. The van der Waals surface area contributed by atoms with Crippen molar-refractivity contribution in [2.24, 2.45) is 0 Å². The van der Waals surface area contributed by atoms with Gasteiger partial charge in [0.1, 0.15) is 17.5 Å². The van der Waals surface area contributed by atoms with E-state index in [1.165, 1.54) is 12.1 Å². The lowest BCUT2D eigenvalue weighted by atomic mass is 10.1. The molecule has 0 aliphatic carbocycles. The number of anilines is 1. The second-order valence-corrected chi connectivity index (χ2v) is 6.52. The van der Waals surface area contributed by atoms with Crippen LogP contribution in [0.4, 0.5) is 14.9 Å². The third-order valence-corrected chi connectivity index (χ3v) is 4.52. The quantitative estimate of drug-likeness (QED) is 0.367. The number of benzene rings is 1. The number of hydrogen-bond acceptors (Lipinski definition) is 3. The minimum atomic E-state index is -1.32. The van der Waals surface area contributed by atoms with Gasteiger partial charge in [-0.15, -0.1) is 6.58 Å². The molecule has 0 bridgehead atoms. The summed E-state index contributed by atoms with van der Waals surface area (Å²) in [7, 11) is 0. The van der Waals surface area contributed by atoms with Crippen LogP contribution in [-0.4, -0.2) is 30.0 Å². The fourth-order valence-electron chi connectivity index (χ4n) is 2.12. The van der Waals surface area contributed by atoms with Gasteiger partial charge in [0.2, 0.25) is 0 Å². The zero-order valence-corrected chi connectivity index (χ0v) is 14.3. The minimum Gasteiger partial charge on any atom is -0.310 e. The standard InChI is InChI=1S/C14H16Cl3FN4O/c1-2-5-14(17)11(18)7-19-12(22-14)21-13(23)20-8-3-4-9(15)10(16)6-8/h2-4,6,11-12,19,22H,1,5,7H2,(H2,20,21,23). The maximum absolute atomic E-state index is 13.9. The monoisotopic (exact) mass is 380 g/mol. The molecular weight excluding hydrogens is 366 g/mol. The molecule has 3 unspecified atom stereocenters. The van der Waals surface area contributed by atoms with Gasteiger partial charge in [-0.25, -0.2) is 9.18 Å². The predicted molar refractivity (Wildman–Crippen MR) is 91.8 cm³/mol. The summed E-state index contributed by atoms with van der Waals surface area (Å²) in [4.78, 5) is 10.7. The van der Waals surface area contributed by atoms with Crippen molar-refractivity contribution < 1.29 is 9.18 Å². The fourth-order valence-corrected chi connectivity index (χ4v) is 2.71. The normalized spacial score (nSPS) is 27.3. The van der Waals surface area contributed by atoms with Gasteiger partial charge < -0.3 is 10.6 Å². The van der Waals surface area contributed by atoms with E-state index >= 15 is 0 Å². The molecule has 1 aromatic carbocycles. The molecule has 0 saturated carbocycles. The van der Waals surface area contributed by atoms with Gasteiger partial charge in [0.25, 0.3) is 0 Å². The van der Waals surface area contributed by atoms with E-state index in [0.717, 1.165) is 0 Å². The van der Waals surface area contributed by atoms with Gasteiger partial charge in [-0.1, -0.05) is 40.9 Å². The number of rotatable bonds is 4. The van der Waals surface area contributed by atoms with Gasteiger partial charge in [0, 0.05) is 18.7 Å². The van der Waals surface area contributed by atoms with Crippen LogP contribution in [0, 0.1) is 0 Å². The molecule has 23 heavy (non-hydrogen) atoms. The first-order valence-corrected chi connectivity index (χ1v) is 7.95. The van der Waals surface area contributed by atoms with E-state index in [9.17, 15) is 9.18 Å². The second kappa shape index (κ2) is 7.68. The topological polar surface area (TPSA) is 65.2 Å². The molecule has 3 atom stereocenters. The van der Waals surface area contributed by atoms with E-state index in [2.05, 4.69) is 27.8 Å². The van der Waals surface area contributed by atoms with E-state index in [0.29, 0.717) is 15.7 Å². The van der Waals surface area contributed by atoms with Crippen LogP contribution in [0.1, 0.15) is 6.42 Å². The summed E-state index contributed by atoms with van der Waals surface area (Å²) < 4.78 is 13.9. The number of carbonyl (C=O) groups excluding carboxylic acids is 1. The number of alkyl halides is 2. The Balaban J connectivity index is 1.94. The van der Waals surface area contributed by atoms with Crippen LogP contribution < -0.4 is 21.3 Å². The zero-order valence-electron chi connectivity index (χ0n) is 12.0. The van der Waals surface area contributed by atoms with Crippen molar-refractivity contribution in [3.05, 3.63) is 40.9 Å². The lowest BCUT2D eigenvalue weighted by molar-refractivity contribution is 0.129. The molecule has 0 aromatic heterocycles. The summed E-state index contributed by atoms with van der Waals surface area (Å²) in [5, 5.41) is 11.5.